The first-order valence-corrected chi connectivity index (χ1v) is 10.3. The van der Waals surface area contributed by atoms with Gasteiger partial charge >= 0.3 is 0 Å². The first-order chi connectivity index (χ1) is 14.7. The van der Waals surface area contributed by atoms with Gasteiger partial charge in [-0.1, -0.05) is 42.5 Å². The second-order valence-corrected chi connectivity index (χ2v) is 7.88. The van der Waals surface area contributed by atoms with Crippen molar-refractivity contribution in [3.63, 3.8) is 0 Å². The van der Waals surface area contributed by atoms with Gasteiger partial charge in [0.1, 0.15) is 12.0 Å². The molecule has 0 fully saturated rings. The predicted octanol–water partition coefficient (Wildman–Crippen LogP) is 6.08. The fourth-order valence-corrected chi connectivity index (χ4v) is 4.77. The van der Waals surface area contributed by atoms with Gasteiger partial charge in [-0.05, 0) is 56.3 Å². The van der Waals surface area contributed by atoms with Crippen LogP contribution in [0.2, 0.25) is 0 Å². The topological polar surface area (TPSA) is 34.8 Å². The van der Waals surface area contributed by atoms with Crippen LogP contribution >= 0.6 is 0 Å². The SMILES string of the molecule is Cc1cc(C2Nc3ccccc3-c3nc4ccccc4n32)c(C)n1-c1ccccc1. The van der Waals surface area contributed by atoms with E-state index in [2.05, 4.69) is 113 Å². The number of hydrogen-bond donors (Lipinski definition) is 1. The molecule has 3 aromatic carbocycles. The summed E-state index contributed by atoms with van der Waals surface area (Å²) >= 11 is 0. The normalized spacial score (nSPS) is 14.9. The highest BCUT2D eigenvalue weighted by atomic mass is 15.2. The molecule has 4 heteroatoms. The summed E-state index contributed by atoms with van der Waals surface area (Å²) in [6.45, 7) is 4.38. The fraction of sp³-hybridized carbons (Fsp3) is 0.115. The lowest BCUT2D eigenvalue weighted by molar-refractivity contribution is 0.663. The van der Waals surface area contributed by atoms with Crippen molar-refractivity contribution in [3.8, 4) is 17.1 Å². The molecule has 1 aliphatic heterocycles. The molecule has 0 radical (unpaired) electrons. The Morgan fingerprint density at radius 3 is 2.43 bits per heavy atom. The first-order valence-electron chi connectivity index (χ1n) is 10.3. The number of para-hydroxylation sites is 4. The summed E-state index contributed by atoms with van der Waals surface area (Å²) in [6.07, 6.45) is -0.0223. The largest absolute Gasteiger partial charge is 0.360 e. The highest BCUT2D eigenvalue weighted by Gasteiger charge is 2.30. The van der Waals surface area contributed by atoms with Crippen LogP contribution in [0.25, 0.3) is 28.1 Å². The number of anilines is 1. The highest BCUT2D eigenvalue weighted by Crippen LogP contribution is 2.41. The molecule has 1 atom stereocenters. The van der Waals surface area contributed by atoms with Gasteiger partial charge in [-0.25, -0.2) is 4.98 Å². The van der Waals surface area contributed by atoms with Crippen molar-refractivity contribution in [2.75, 3.05) is 5.32 Å². The number of fused-ring (bicyclic) bond motifs is 5. The van der Waals surface area contributed by atoms with Gasteiger partial charge in [0, 0.05) is 33.9 Å². The Hall–Kier alpha value is -3.79. The molecule has 2 aromatic heterocycles. The Kier molecular flexibility index (Phi) is 3.62. The third kappa shape index (κ3) is 2.37. The number of nitrogens with one attached hydrogen (secondary N) is 1. The number of aromatic nitrogens is 3. The number of imidazole rings is 1. The number of nitrogens with zero attached hydrogens (tertiary/aromatic N) is 3. The molecule has 1 unspecified atom stereocenters. The van der Waals surface area contributed by atoms with Gasteiger partial charge in [0.05, 0.1) is 11.0 Å². The van der Waals surface area contributed by atoms with Crippen LogP contribution in [0.15, 0.2) is 84.9 Å². The van der Waals surface area contributed by atoms with Gasteiger partial charge in [0.2, 0.25) is 0 Å². The molecule has 6 rings (SSSR count). The molecule has 1 N–H and O–H groups in total. The fourth-order valence-electron chi connectivity index (χ4n) is 4.77. The third-order valence-corrected chi connectivity index (χ3v) is 6.09. The van der Waals surface area contributed by atoms with Crippen molar-refractivity contribution in [3.05, 3.63) is 102 Å². The molecular formula is C26H22N4. The molecule has 0 amide bonds. The van der Waals surface area contributed by atoms with Crippen LogP contribution < -0.4 is 5.32 Å². The number of aryl methyl sites for hydroxylation is 1. The lowest BCUT2D eigenvalue weighted by Gasteiger charge is -2.30. The summed E-state index contributed by atoms with van der Waals surface area (Å²) in [5.74, 6) is 1.01. The average Bonchev–Trinajstić information content (AvgIpc) is 3.31. The van der Waals surface area contributed by atoms with E-state index in [-0.39, 0.29) is 6.17 Å². The summed E-state index contributed by atoms with van der Waals surface area (Å²) in [7, 11) is 0. The van der Waals surface area contributed by atoms with Crippen LogP contribution in [0, 0.1) is 13.8 Å². The van der Waals surface area contributed by atoms with Gasteiger partial charge in [0.25, 0.3) is 0 Å². The summed E-state index contributed by atoms with van der Waals surface area (Å²) in [4.78, 5) is 5.00. The molecule has 3 heterocycles. The van der Waals surface area contributed by atoms with Gasteiger partial charge < -0.3 is 9.88 Å². The van der Waals surface area contributed by atoms with Crippen molar-refractivity contribution in [1.29, 1.82) is 0 Å². The Labute approximate surface area is 175 Å². The minimum atomic E-state index is -0.0223. The number of benzene rings is 3. The van der Waals surface area contributed by atoms with Crippen molar-refractivity contribution in [1.82, 2.24) is 14.1 Å². The van der Waals surface area contributed by atoms with Crippen LogP contribution in [0.1, 0.15) is 23.1 Å². The molecule has 0 bridgehead atoms. The third-order valence-electron chi connectivity index (χ3n) is 6.09. The van der Waals surface area contributed by atoms with E-state index in [1.165, 1.54) is 22.6 Å². The standard InChI is InChI=1S/C26H22N4/c1-17-16-21(18(2)29(17)19-10-4-3-5-11-19)26-27-22-13-7-6-12-20(22)25-28-23-14-8-9-15-24(23)30(25)26/h3-16,26-27H,1-2H3. The van der Waals surface area contributed by atoms with Gasteiger partial charge in [-0.3, -0.25) is 4.57 Å². The maximum Gasteiger partial charge on any atom is 0.145 e. The van der Waals surface area contributed by atoms with E-state index in [9.17, 15) is 0 Å². The van der Waals surface area contributed by atoms with E-state index in [1.807, 2.05) is 0 Å². The summed E-state index contributed by atoms with van der Waals surface area (Å²) < 4.78 is 4.67. The Balaban J connectivity index is 1.61. The number of hydrogen-bond acceptors (Lipinski definition) is 2. The molecule has 1 aliphatic rings. The van der Waals surface area contributed by atoms with E-state index in [0.29, 0.717) is 0 Å². The van der Waals surface area contributed by atoms with Gasteiger partial charge in [-0.15, -0.1) is 0 Å². The predicted molar refractivity (Wildman–Crippen MR) is 122 cm³/mol. The van der Waals surface area contributed by atoms with Crippen LogP contribution in [-0.4, -0.2) is 14.1 Å². The molecule has 4 nitrogen and oxygen atoms in total. The molecule has 0 saturated carbocycles. The lowest BCUT2D eigenvalue weighted by Crippen LogP contribution is -2.25. The van der Waals surface area contributed by atoms with Crippen molar-refractivity contribution >= 4 is 16.7 Å². The van der Waals surface area contributed by atoms with E-state index < -0.39 is 0 Å². The zero-order chi connectivity index (χ0) is 20.2. The molecule has 0 spiro atoms. The summed E-state index contributed by atoms with van der Waals surface area (Å²) in [5.41, 5.74) is 9.33. The monoisotopic (exact) mass is 390 g/mol. The Morgan fingerprint density at radius 2 is 1.57 bits per heavy atom. The van der Waals surface area contributed by atoms with Crippen LogP contribution in [0.4, 0.5) is 5.69 Å². The quantitative estimate of drug-likeness (QED) is 0.396. The average molecular weight is 390 g/mol. The second kappa shape index (κ2) is 6.36. The van der Waals surface area contributed by atoms with Crippen molar-refractivity contribution < 1.29 is 0 Å². The summed E-state index contributed by atoms with van der Waals surface area (Å²) in [5, 5.41) is 3.79. The summed E-state index contributed by atoms with van der Waals surface area (Å²) in [6, 6.07) is 29.7. The van der Waals surface area contributed by atoms with Gasteiger partial charge in [-0.2, -0.15) is 0 Å². The molecule has 5 aromatic rings. The van der Waals surface area contributed by atoms with E-state index >= 15 is 0 Å². The molecule has 30 heavy (non-hydrogen) atoms. The Bertz CT molecular complexity index is 1390. The van der Waals surface area contributed by atoms with E-state index in [1.54, 1.807) is 0 Å². The smallest absolute Gasteiger partial charge is 0.145 e. The van der Waals surface area contributed by atoms with Crippen LogP contribution in [0.3, 0.4) is 0 Å². The molecule has 146 valence electrons. The zero-order valence-corrected chi connectivity index (χ0v) is 17.0. The highest BCUT2D eigenvalue weighted by molar-refractivity contribution is 5.86. The maximum absolute atomic E-state index is 5.00. The van der Waals surface area contributed by atoms with Crippen molar-refractivity contribution in [2.45, 2.75) is 20.0 Å². The number of rotatable bonds is 2. The lowest BCUT2D eigenvalue weighted by atomic mass is 10.1. The van der Waals surface area contributed by atoms with Crippen LogP contribution in [-0.2, 0) is 0 Å². The second-order valence-electron chi connectivity index (χ2n) is 7.88. The minimum absolute atomic E-state index is 0.0223. The molecule has 0 aliphatic carbocycles. The maximum atomic E-state index is 5.00. The van der Waals surface area contributed by atoms with Gasteiger partial charge in [0.15, 0.2) is 0 Å². The minimum Gasteiger partial charge on any atom is -0.360 e. The Morgan fingerprint density at radius 1 is 0.833 bits per heavy atom. The van der Waals surface area contributed by atoms with E-state index in [0.717, 1.165) is 28.1 Å². The molecule has 0 saturated heterocycles. The van der Waals surface area contributed by atoms with Crippen molar-refractivity contribution in [2.24, 2.45) is 0 Å². The van der Waals surface area contributed by atoms with E-state index in [4.69, 9.17) is 4.98 Å². The molecular weight excluding hydrogens is 368 g/mol. The van der Waals surface area contributed by atoms with Crippen LogP contribution in [0.5, 0.6) is 0 Å². The zero-order valence-electron chi connectivity index (χ0n) is 17.0. The first kappa shape index (κ1) is 17.1.